The summed E-state index contributed by atoms with van der Waals surface area (Å²) in [6.07, 6.45) is 5.58. The van der Waals surface area contributed by atoms with E-state index in [4.69, 9.17) is 0 Å². The Morgan fingerprint density at radius 3 is 3.00 bits per heavy atom. The molecule has 13 heavy (non-hydrogen) atoms. The average Bonchev–Trinajstić information content (AvgIpc) is 2.18. The van der Waals surface area contributed by atoms with Crippen molar-refractivity contribution in [1.82, 2.24) is 4.90 Å². The zero-order valence-corrected chi connectivity index (χ0v) is 8.46. The molecule has 74 valence electrons. The van der Waals surface area contributed by atoms with E-state index in [-0.39, 0.29) is 0 Å². The van der Waals surface area contributed by atoms with E-state index in [0.717, 1.165) is 24.8 Å². The minimum absolute atomic E-state index is 0.566. The summed E-state index contributed by atoms with van der Waals surface area (Å²) in [6.45, 7) is 8.21. The Labute approximate surface area is 80.6 Å². The Kier molecular flexibility index (Phi) is 4.16. The lowest BCUT2D eigenvalue weighted by molar-refractivity contribution is -0.105. The molecule has 1 heterocycles. The standard InChI is InChI=1S/C11H19NO/c1-3-12-7-5-4-6-11(12)8-10(2)9-13/h9,11H,2-8H2,1H3. The first kappa shape index (κ1) is 10.5. The number of carbonyl (C=O) groups excluding carboxylic acids is 1. The molecule has 0 spiro atoms. The van der Waals surface area contributed by atoms with E-state index in [2.05, 4.69) is 18.4 Å². The predicted octanol–water partition coefficient (Wildman–Crippen LogP) is 2.01. The Hall–Kier alpha value is -0.630. The summed E-state index contributed by atoms with van der Waals surface area (Å²) < 4.78 is 0. The van der Waals surface area contributed by atoms with E-state index in [1.807, 2.05) is 0 Å². The van der Waals surface area contributed by atoms with Crippen LogP contribution >= 0.6 is 0 Å². The zero-order chi connectivity index (χ0) is 9.68. The molecule has 1 unspecified atom stereocenters. The number of hydrogen-bond donors (Lipinski definition) is 0. The molecule has 0 aromatic heterocycles. The SMILES string of the molecule is C=C(C=O)CC1CCCCN1CC. The van der Waals surface area contributed by atoms with E-state index in [9.17, 15) is 4.79 Å². The maximum Gasteiger partial charge on any atom is 0.145 e. The second-order valence-corrected chi connectivity index (χ2v) is 3.76. The van der Waals surface area contributed by atoms with Crippen LogP contribution in [0.4, 0.5) is 0 Å². The molecule has 0 N–H and O–H groups in total. The van der Waals surface area contributed by atoms with Gasteiger partial charge in [0.1, 0.15) is 6.29 Å². The lowest BCUT2D eigenvalue weighted by atomic mass is 9.97. The molecular weight excluding hydrogens is 162 g/mol. The number of rotatable bonds is 4. The normalized spacial score (nSPS) is 24.2. The van der Waals surface area contributed by atoms with Crippen molar-refractivity contribution in [2.45, 2.75) is 38.6 Å². The first-order valence-corrected chi connectivity index (χ1v) is 5.15. The van der Waals surface area contributed by atoms with Gasteiger partial charge < -0.3 is 4.90 Å². The van der Waals surface area contributed by atoms with Crippen molar-refractivity contribution in [1.29, 1.82) is 0 Å². The average molecular weight is 181 g/mol. The summed E-state index contributed by atoms with van der Waals surface area (Å²) in [6, 6.07) is 0.566. The predicted molar refractivity (Wildman–Crippen MR) is 54.7 cm³/mol. The Morgan fingerprint density at radius 1 is 1.62 bits per heavy atom. The van der Waals surface area contributed by atoms with Gasteiger partial charge in [0.25, 0.3) is 0 Å². The molecule has 0 aromatic rings. The molecule has 0 saturated carbocycles. The summed E-state index contributed by atoms with van der Waals surface area (Å²) >= 11 is 0. The van der Waals surface area contributed by atoms with Gasteiger partial charge in [-0.2, -0.15) is 0 Å². The van der Waals surface area contributed by atoms with Crippen molar-refractivity contribution in [2.75, 3.05) is 13.1 Å². The lowest BCUT2D eigenvalue weighted by Gasteiger charge is -2.34. The molecular formula is C11H19NO. The van der Waals surface area contributed by atoms with E-state index in [1.165, 1.54) is 25.8 Å². The number of nitrogens with zero attached hydrogens (tertiary/aromatic N) is 1. The smallest absolute Gasteiger partial charge is 0.145 e. The van der Waals surface area contributed by atoms with Crippen molar-refractivity contribution in [3.8, 4) is 0 Å². The highest BCUT2D eigenvalue weighted by Crippen LogP contribution is 2.20. The quantitative estimate of drug-likeness (QED) is 0.488. The van der Waals surface area contributed by atoms with Crippen LogP contribution in [-0.4, -0.2) is 30.3 Å². The van der Waals surface area contributed by atoms with Crippen molar-refractivity contribution >= 4 is 6.29 Å². The number of carbonyl (C=O) groups is 1. The van der Waals surface area contributed by atoms with E-state index < -0.39 is 0 Å². The Bertz CT molecular complexity index is 189. The first-order chi connectivity index (χ1) is 6.27. The van der Waals surface area contributed by atoms with Crippen molar-refractivity contribution in [3.63, 3.8) is 0 Å². The summed E-state index contributed by atoms with van der Waals surface area (Å²) in [5.74, 6) is 0. The van der Waals surface area contributed by atoms with Crippen molar-refractivity contribution in [3.05, 3.63) is 12.2 Å². The Balaban J connectivity index is 2.44. The molecule has 0 bridgehead atoms. The van der Waals surface area contributed by atoms with Gasteiger partial charge in [-0.3, -0.25) is 4.79 Å². The topological polar surface area (TPSA) is 20.3 Å². The minimum Gasteiger partial charge on any atom is -0.300 e. The number of hydrogen-bond acceptors (Lipinski definition) is 2. The molecule has 0 amide bonds. The fraction of sp³-hybridized carbons (Fsp3) is 0.727. The van der Waals surface area contributed by atoms with Gasteiger partial charge in [-0.25, -0.2) is 0 Å². The van der Waals surface area contributed by atoms with Gasteiger partial charge in [0.05, 0.1) is 0 Å². The van der Waals surface area contributed by atoms with Crippen LogP contribution in [0, 0.1) is 0 Å². The third-order valence-electron chi connectivity index (χ3n) is 2.82. The van der Waals surface area contributed by atoms with Crippen LogP contribution in [0.3, 0.4) is 0 Å². The van der Waals surface area contributed by atoms with Crippen LogP contribution in [-0.2, 0) is 4.79 Å². The van der Waals surface area contributed by atoms with Gasteiger partial charge in [0.2, 0.25) is 0 Å². The highest BCUT2D eigenvalue weighted by atomic mass is 16.1. The molecule has 1 aliphatic heterocycles. The summed E-state index contributed by atoms with van der Waals surface area (Å²) in [4.78, 5) is 12.9. The van der Waals surface area contributed by atoms with Gasteiger partial charge in [0.15, 0.2) is 0 Å². The third kappa shape index (κ3) is 2.96. The number of aldehydes is 1. The number of piperidine rings is 1. The van der Waals surface area contributed by atoms with Crippen LogP contribution in [0.2, 0.25) is 0 Å². The second-order valence-electron chi connectivity index (χ2n) is 3.76. The molecule has 1 rings (SSSR count). The van der Waals surface area contributed by atoms with Gasteiger partial charge in [-0.15, -0.1) is 0 Å². The van der Waals surface area contributed by atoms with Gasteiger partial charge in [-0.1, -0.05) is 19.9 Å². The van der Waals surface area contributed by atoms with Crippen LogP contribution in [0.1, 0.15) is 32.6 Å². The van der Waals surface area contributed by atoms with E-state index >= 15 is 0 Å². The Morgan fingerprint density at radius 2 is 2.38 bits per heavy atom. The largest absolute Gasteiger partial charge is 0.300 e. The maximum absolute atomic E-state index is 10.5. The molecule has 1 fully saturated rings. The maximum atomic E-state index is 10.5. The fourth-order valence-electron chi connectivity index (χ4n) is 2.06. The van der Waals surface area contributed by atoms with Crippen LogP contribution in [0.15, 0.2) is 12.2 Å². The zero-order valence-electron chi connectivity index (χ0n) is 8.46. The van der Waals surface area contributed by atoms with Gasteiger partial charge >= 0.3 is 0 Å². The van der Waals surface area contributed by atoms with Crippen molar-refractivity contribution < 1.29 is 4.79 Å². The van der Waals surface area contributed by atoms with Crippen LogP contribution in [0.25, 0.3) is 0 Å². The van der Waals surface area contributed by atoms with Gasteiger partial charge in [-0.05, 0) is 37.9 Å². The minimum atomic E-state index is 0.566. The molecule has 0 aliphatic carbocycles. The molecule has 1 atom stereocenters. The fourth-order valence-corrected chi connectivity index (χ4v) is 2.06. The highest BCUT2D eigenvalue weighted by molar-refractivity contribution is 5.72. The molecule has 0 aromatic carbocycles. The number of likely N-dealkylation sites (tertiary alicyclic amines) is 1. The second kappa shape index (κ2) is 5.18. The summed E-state index contributed by atoms with van der Waals surface area (Å²) in [5, 5.41) is 0. The molecule has 2 heteroatoms. The molecule has 0 radical (unpaired) electrons. The van der Waals surface area contributed by atoms with E-state index in [0.29, 0.717) is 6.04 Å². The highest BCUT2D eigenvalue weighted by Gasteiger charge is 2.20. The van der Waals surface area contributed by atoms with Crippen LogP contribution < -0.4 is 0 Å². The third-order valence-corrected chi connectivity index (χ3v) is 2.82. The van der Waals surface area contributed by atoms with Gasteiger partial charge in [0, 0.05) is 6.04 Å². The van der Waals surface area contributed by atoms with E-state index in [1.54, 1.807) is 0 Å². The molecule has 1 saturated heterocycles. The first-order valence-electron chi connectivity index (χ1n) is 5.15. The summed E-state index contributed by atoms with van der Waals surface area (Å²) in [5.41, 5.74) is 0.741. The summed E-state index contributed by atoms with van der Waals surface area (Å²) in [7, 11) is 0. The van der Waals surface area contributed by atoms with Crippen LogP contribution in [0.5, 0.6) is 0 Å². The molecule has 1 aliphatic rings. The monoisotopic (exact) mass is 181 g/mol. The van der Waals surface area contributed by atoms with Crippen molar-refractivity contribution in [2.24, 2.45) is 0 Å². The molecule has 2 nitrogen and oxygen atoms in total. The lowest BCUT2D eigenvalue weighted by Crippen LogP contribution is -2.39.